The molecule has 19 heavy (non-hydrogen) atoms. The van der Waals surface area contributed by atoms with Gasteiger partial charge in [0.25, 0.3) is 5.91 Å². The van der Waals surface area contributed by atoms with Gasteiger partial charge in [-0.3, -0.25) is 9.78 Å². The number of benzene rings is 1. The average Bonchev–Trinajstić information content (AvgIpc) is 2.46. The Morgan fingerprint density at radius 2 is 2.11 bits per heavy atom. The minimum atomic E-state index is -0.257. The van der Waals surface area contributed by atoms with Gasteiger partial charge in [-0.25, -0.2) is 4.98 Å². The summed E-state index contributed by atoms with van der Waals surface area (Å²) in [5.41, 5.74) is 1.70. The predicted molar refractivity (Wildman–Crippen MR) is 72.7 cm³/mol. The van der Waals surface area contributed by atoms with Crippen molar-refractivity contribution >= 4 is 16.9 Å². The summed E-state index contributed by atoms with van der Waals surface area (Å²) in [5, 5.41) is 8.97. The lowest BCUT2D eigenvalue weighted by Crippen LogP contribution is -2.34. The molecule has 0 saturated carbocycles. The molecule has 2 rings (SSSR count). The van der Waals surface area contributed by atoms with Crippen molar-refractivity contribution in [3.05, 3.63) is 48.8 Å². The van der Waals surface area contributed by atoms with Crippen LogP contribution in [-0.4, -0.2) is 45.6 Å². The second-order valence-corrected chi connectivity index (χ2v) is 4.01. The molecule has 0 spiro atoms. The van der Waals surface area contributed by atoms with Gasteiger partial charge >= 0.3 is 0 Å². The van der Waals surface area contributed by atoms with Crippen LogP contribution in [0.1, 0.15) is 10.5 Å². The first kappa shape index (κ1) is 13.2. The molecule has 0 aliphatic heterocycles. The van der Waals surface area contributed by atoms with Crippen molar-refractivity contribution in [2.75, 3.05) is 19.7 Å². The number of carbonyl (C=O) groups is 1. The summed E-state index contributed by atoms with van der Waals surface area (Å²) in [6.45, 7) is 4.12. The van der Waals surface area contributed by atoms with Gasteiger partial charge < -0.3 is 10.0 Å². The minimum Gasteiger partial charge on any atom is -0.395 e. The summed E-state index contributed by atoms with van der Waals surface area (Å²) in [4.78, 5) is 22.2. The van der Waals surface area contributed by atoms with Gasteiger partial charge in [0.1, 0.15) is 5.69 Å². The van der Waals surface area contributed by atoms with Crippen LogP contribution in [0.2, 0.25) is 0 Å². The van der Waals surface area contributed by atoms with Crippen molar-refractivity contribution in [3.8, 4) is 0 Å². The first-order valence-electron chi connectivity index (χ1n) is 5.99. The van der Waals surface area contributed by atoms with Gasteiger partial charge in [0.2, 0.25) is 0 Å². The third-order valence-corrected chi connectivity index (χ3v) is 2.67. The summed E-state index contributed by atoms with van der Waals surface area (Å²) < 4.78 is 0. The van der Waals surface area contributed by atoms with Gasteiger partial charge in [-0.15, -0.1) is 6.58 Å². The SMILES string of the molecule is C=CCN(CCO)C(=O)c1cnc2ccccc2n1. The van der Waals surface area contributed by atoms with Gasteiger partial charge in [-0.2, -0.15) is 0 Å². The van der Waals surface area contributed by atoms with Gasteiger partial charge in [0.15, 0.2) is 0 Å². The Bertz CT molecular complexity index is 598. The maximum absolute atomic E-state index is 12.2. The number of hydrogen-bond acceptors (Lipinski definition) is 4. The molecule has 1 amide bonds. The van der Waals surface area contributed by atoms with Crippen LogP contribution in [0.15, 0.2) is 43.1 Å². The molecular formula is C14H15N3O2. The average molecular weight is 257 g/mol. The Kier molecular flexibility index (Phi) is 4.20. The van der Waals surface area contributed by atoms with Crippen molar-refractivity contribution in [2.24, 2.45) is 0 Å². The number of aliphatic hydroxyl groups excluding tert-OH is 1. The second-order valence-electron chi connectivity index (χ2n) is 4.01. The Labute approximate surface area is 111 Å². The van der Waals surface area contributed by atoms with Crippen molar-refractivity contribution in [1.29, 1.82) is 0 Å². The van der Waals surface area contributed by atoms with E-state index in [2.05, 4.69) is 16.5 Å². The summed E-state index contributed by atoms with van der Waals surface area (Å²) in [5.74, 6) is -0.257. The van der Waals surface area contributed by atoms with Gasteiger partial charge in [-0.05, 0) is 12.1 Å². The fraction of sp³-hybridized carbons (Fsp3) is 0.214. The van der Waals surface area contributed by atoms with Crippen LogP contribution < -0.4 is 0 Å². The molecule has 0 aliphatic rings. The van der Waals surface area contributed by atoms with E-state index in [0.29, 0.717) is 12.1 Å². The first-order valence-corrected chi connectivity index (χ1v) is 5.99. The first-order chi connectivity index (χ1) is 9.26. The molecule has 1 aromatic carbocycles. The van der Waals surface area contributed by atoms with E-state index in [9.17, 15) is 4.79 Å². The Balaban J connectivity index is 2.31. The zero-order valence-electron chi connectivity index (χ0n) is 10.5. The summed E-state index contributed by atoms with van der Waals surface area (Å²) in [7, 11) is 0. The predicted octanol–water partition coefficient (Wildman–Crippen LogP) is 1.25. The molecule has 1 N–H and O–H groups in total. The quantitative estimate of drug-likeness (QED) is 0.819. The number of para-hydroxylation sites is 2. The van der Waals surface area contributed by atoms with Crippen LogP contribution in [0.3, 0.4) is 0 Å². The summed E-state index contributed by atoms with van der Waals surface area (Å²) >= 11 is 0. The third-order valence-electron chi connectivity index (χ3n) is 2.67. The van der Waals surface area contributed by atoms with Crippen LogP contribution >= 0.6 is 0 Å². The largest absolute Gasteiger partial charge is 0.395 e. The van der Waals surface area contributed by atoms with Crippen molar-refractivity contribution < 1.29 is 9.90 Å². The highest BCUT2D eigenvalue weighted by molar-refractivity contribution is 5.93. The lowest BCUT2D eigenvalue weighted by Gasteiger charge is -2.19. The van der Waals surface area contributed by atoms with E-state index in [1.807, 2.05) is 24.3 Å². The van der Waals surface area contributed by atoms with Crippen molar-refractivity contribution in [1.82, 2.24) is 14.9 Å². The van der Waals surface area contributed by atoms with E-state index >= 15 is 0 Å². The lowest BCUT2D eigenvalue weighted by atomic mass is 10.3. The third kappa shape index (κ3) is 2.95. The number of fused-ring (bicyclic) bond motifs is 1. The zero-order chi connectivity index (χ0) is 13.7. The van der Waals surface area contributed by atoms with Crippen LogP contribution in [0, 0.1) is 0 Å². The number of hydrogen-bond donors (Lipinski definition) is 1. The molecule has 1 aromatic heterocycles. The lowest BCUT2D eigenvalue weighted by molar-refractivity contribution is 0.0737. The van der Waals surface area contributed by atoms with E-state index in [0.717, 1.165) is 5.52 Å². The molecule has 0 aliphatic carbocycles. The molecule has 1 heterocycles. The van der Waals surface area contributed by atoms with Crippen LogP contribution in [-0.2, 0) is 0 Å². The van der Waals surface area contributed by atoms with Crippen molar-refractivity contribution in [3.63, 3.8) is 0 Å². The molecule has 2 aromatic rings. The maximum Gasteiger partial charge on any atom is 0.274 e. The molecule has 0 atom stereocenters. The molecule has 98 valence electrons. The highest BCUT2D eigenvalue weighted by Crippen LogP contribution is 2.10. The van der Waals surface area contributed by atoms with Crippen LogP contribution in [0.4, 0.5) is 0 Å². The van der Waals surface area contributed by atoms with Gasteiger partial charge in [0.05, 0.1) is 23.8 Å². The molecule has 0 bridgehead atoms. The molecule has 0 saturated heterocycles. The number of carbonyl (C=O) groups excluding carboxylic acids is 1. The van der Waals surface area contributed by atoms with Gasteiger partial charge in [-0.1, -0.05) is 18.2 Å². The molecule has 5 heteroatoms. The molecule has 0 fully saturated rings. The monoisotopic (exact) mass is 257 g/mol. The second kappa shape index (κ2) is 6.06. The molecule has 0 radical (unpaired) electrons. The Hall–Kier alpha value is -2.27. The summed E-state index contributed by atoms with van der Waals surface area (Å²) in [6, 6.07) is 7.36. The van der Waals surface area contributed by atoms with Crippen LogP contribution in [0.25, 0.3) is 11.0 Å². The topological polar surface area (TPSA) is 66.3 Å². The molecule has 0 unspecified atom stereocenters. The molecule has 5 nitrogen and oxygen atoms in total. The zero-order valence-corrected chi connectivity index (χ0v) is 10.5. The number of amides is 1. The standard InChI is InChI=1S/C14H15N3O2/c1-2-7-17(8-9-18)14(19)13-10-15-11-5-3-4-6-12(11)16-13/h2-6,10,18H,1,7-9H2. The van der Waals surface area contributed by atoms with Crippen LogP contribution in [0.5, 0.6) is 0 Å². The molecular weight excluding hydrogens is 242 g/mol. The van der Waals surface area contributed by atoms with E-state index < -0.39 is 0 Å². The summed E-state index contributed by atoms with van der Waals surface area (Å²) in [6.07, 6.45) is 3.07. The minimum absolute atomic E-state index is 0.0966. The number of nitrogens with zero attached hydrogens (tertiary/aromatic N) is 3. The number of aromatic nitrogens is 2. The smallest absolute Gasteiger partial charge is 0.274 e. The maximum atomic E-state index is 12.2. The van der Waals surface area contributed by atoms with E-state index in [-0.39, 0.29) is 24.8 Å². The van der Waals surface area contributed by atoms with Crippen molar-refractivity contribution in [2.45, 2.75) is 0 Å². The highest BCUT2D eigenvalue weighted by Gasteiger charge is 2.16. The highest BCUT2D eigenvalue weighted by atomic mass is 16.3. The van der Waals surface area contributed by atoms with Gasteiger partial charge in [0, 0.05) is 13.1 Å². The number of aliphatic hydroxyl groups is 1. The van der Waals surface area contributed by atoms with E-state index in [1.54, 1.807) is 6.08 Å². The van der Waals surface area contributed by atoms with E-state index in [4.69, 9.17) is 5.11 Å². The fourth-order valence-corrected chi connectivity index (χ4v) is 1.77. The normalized spacial score (nSPS) is 10.4. The van der Waals surface area contributed by atoms with E-state index in [1.165, 1.54) is 11.1 Å². The Morgan fingerprint density at radius 3 is 2.79 bits per heavy atom. The fourth-order valence-electron chi connectivity index (χ4n) is 1.77. The number of rotatable bonds is 5. The Morgan fingerprint density at radius 1 is 1.37 bits per heavy atom.